The van der Waals surface area contributed by atoms with Gasteiger partial charge in [-0.3, -0.25) is 0 Å². The predicted molar refractivity (Wildman–Crippen MR) is 63.5 cm³/mol. The van der Waals surface area contributed by atoms with E-state index >= 15 is 0 Å². The Bertz CT molecular complexity index is 402. The maximum atomic E-state index is 10.6. The highest BCUT2D eigenvalue weighted by molar-refractivity contribution is 5.56. The van der Waals surface area contributed by atoms with Crippen LogP contribution in [0.3, 0.4) is 0 Å². The lowest BCUT2D eigenvalue weighted by Gasteiger charge is -2.29. The Kier molecular flexibility index (Phi) is 3.77. The first-order valence-corrected chi connectivity index (χ1v) is 5.62. The normalized spacial score (nSPS) is 20.1. The number of nitrogens with zero attached hydrogens (tertiary/aromatic N) is 1. The van der Waals surface area contributed by atoms with Gasteiger partial charge in [0.2, 0.25) is 0 Å². The molecule has 0 radical (unpaired) electrons. The highest BCUT2D eigenvalue weighted by atomic mass is 16.8. The molecule has 2 rings (SSSR count). The SMILES string of the molecule is O=C(O)ON1CC=CCC1Cc1ccccc1. The van der Waals surface area contributed by atoms with Crippen molar-refractivity contribution in [2.45, 2.75) is 18.9 Å². The molecule has 1 N–H and O–H groups in total. The van der Waals surface area contributed by atoms with Crippen LogP contribution in [0, 0.1) is 0 Å². The topological polar surface area (TPSA) is 49.8 Å². The maximum Gasteiger partial charge on any atom is 0.525 e. The van der Waals surface area contributed by atoms with Gasteiger partial charge in [-0.2, -0.15) is 0 Å². The Labute approximate surface area is 100 Å². The molecule has 0 saturated heterocycles. The summed E-state index contributed by atoms with van der Waals surface area (Å²) in [5.74, 6) is 0. The number of rotatable bonds is 3. The van der Waals surface area contributed by atoms with Gasteiger partial charge in [0.25, 0.3) is 0 Å². The second-order valence-electron chi connectivity index (χ2n) is 4.01. The first-order valence-electron chi connectivity index (χ1n) is 5.62. The monoisotopic (exact) mass is 233 g/mol. The van der Waals surface area contributed by atoms with E-state index in [1.54, 1.807) is 0 Å². The zero-order chi connectivity index (χ0) is 12.1. The number of carboxylic acid groups (broad SMARTS) is 1. The van der Waals surface area contributed by atoms with E-state index in [0.29, 0.717) is 6.54 Å². The summed E-state index contributed by atoms with van der Waals surface area (Å²) >= 11 is 0. The minimum atomic E-state index is -1.25. The highest BCUT2D eigenvalue weighted by Crippen LogP contribution is 2.17. The van der Waals surface area contributed by atoms with Crippen LogP contribution in [0.2, 0.25) is 0 Å². The zero-order valence-corrected chi connectivity index (χ0v) is 9.45. The van der Waals surface area contributed by atoms with Crippen molar-refractivity contribution in [3.8, 4) is 0 Å². The first-order chi connectivity index (χ1) is 8.25. The summed E-state index contributed by atoms with van der Waals surface area (Å²) in [6.45, 7) is 0.518. The lowest BCUT2D eigenvalue weighted by atomic mass is 10.0. The predicted octanol–water partition coefficient (Wildman–Crippen LogP) is 2.47. The van der Waals surface area contributed by atoms with Crippen LogP contribution in [0.5, 0.6) is 0 Å². The minimum absolute atomic E-state index is 0.0819. The third-order valence-corrected chi connectivity index (χ3v) is 2.78. The fourth-order valence-corrected chi connectivity index (χ4v) is 1.98. The van der Waals surface area contributed by atoms with Gasteiger partial charge in [-0.05, 0) is 18.4 Å². The van der Waals surface area contributed by atoms with Gasteiger partial charge in [-0.15, -0.1) is 5.06 Å². The van der Waals surface area contributed by atoms with Gasteiger partial charge >= 0.3 is 6.16 Å². The molecule has 0 spiro atoms. The van der Waals surface area contributed by atoms with E-state index < -0.39 is 6.16 Å². The third kappa shape index (κ3) is 3.32. The molecule has 1 aliphatic rings. The van der Waals surface area contributed by atoms with E-state index in [9.17, 15) is 4.79 Å². The molecule has 1 aliphatic heterocycles. The van der Waals surface area contributed by atoms with Crippen molar-refractivity contribution in [3.05, 3.63) is 48.0 Å². The van der Waals surface area contributed by atoms with Gasteiger partial charge in [0.15, 0.2) is 0 Å². The standard InChI is InChI=1S/C13H15NO3/c15-13(16)17-14-9-5-4-8-12(14)10-11-6-2-1-3-7-11/h1-7,12H,8-10H2,(H,15,16). The molecule has 1 heterocycles. The Morgan fingerprint density at radius 3 is 2.82 bits per heavy atom. The maximum absolute atomic E-state index is 10.6. The van der Waals surface area contributed by atoms with Gasteiger partial charge < -0.3 is 9.94 Å². The van der Waals surface area contributed by atoms with Crippen LogP contribution in [0.15, 0.2) is 42.5 Å². The van der Waals surface area contributed by atoms with Crippen molar-refractivity contribution in [1.82, 2.24) is 5.06 Å². The molecule has 90 valence electrons. The van der Waals surface area contributed by atoms with Crippen LogP contribution < -0.4 is 0 Å². The zero-order valence-electron chi connectivity index (χ0n) is 9.45. The summed E-state index contributed by atoms with van der Waals surface area (Å²) in [6.07, 6.45) is 4.33. The summed E-state index contributed by atoms with van der Waals surface area (Å²) in [5, 5.41) is 10.2. The van der Waals surface area contributed by atoms with Crippen molar-refractivity contribution in [1.29, 1.82) is 0 Å². The Balaban J connectivity index is 2.02. The highest BCUT2D eigenvalue weighted by Gasteiger charge is 2.23. The summed E-state index contributed by atoms with van der Waals surface area (Å²) in [5.41, 5.74) is 1.19. The molecule has 0 bridgehead atoms. The molecule has 0 aromatic heterocycles. The molecular formula is C13H15NO3. The first kappa shape index (κ1) is 11.7. The van der Waals surface area contributed by atoms with E-state index in [4.69, 9.17) is 9.94 Å². The number of benzene rings is 1. The fraction of sp³-hybridized carbons (Fsp3) is 0.308. The van der Waals surface area contributed by atoms with Crippen LogP contribution in [0.1, 0.15) is 12.0 Å². The smallest absolute Gasteiger partial charge is 0.448 e. The van der Waals surface area contributed by atoms with E-state index in [0.717, 1.165) is 12.8 Å². The lowest BCUT2D eigenvalue weighted by molar-refractivity contribution is -0.142. The van der Waals surface area contributed by atoms with Gasteiger partial charge in [0.05, 0.1) is 12.6 Å². The van der Waals surface area contributed by atoms with Crippen molar-refractivity contribution in [2.75, 3.05) is 6.54 Å². The molecule has 0 amide bonds. The summed E-state index contributed by atoms with van der Waals surface area (Å²) in [7, 11) is 0. The third-order valence-electron chi connectivity index (χ3n) is 2.78. The van der Waals surface area contributed by atoms with Crippen molar-refractivity contribution < 1.29 is 14.7 Å². The molecule has 1 atom stereocenters. The molecule has 1 aromatic rings. The summed E-state index contributed by atoms with van der Waals surface area (Å²) in [4.78, 5) is 15.4. The molecule has 17 heavy (non-hydrogen) atoms. The van der Waals surface area contributed by atoms with E-state index in [2.05, 4.69) is 6.08 Å². The van der Waals surface area contributed by atoms with Crippen molar-refractivity contribution in [2.24, 2.45) is 0 Å². The van der Waals surface area contributed by atoms with Crippen molar-refractivity contribution in [3.63, 3.8) is 0 Å². The van der Waals surface area contributed by atoms with Crippen LogP contribution in [0.25, 0.3) is 0 Å². The van der Waals surface area contributed by atoms with Crippen LogP contribution in [-0.4, -0.2) is 28.9 Å². The Morgan fingerprint density at radius 2 is 2.12 bits per heavy atom. The molecule has 1 unspecified atom stereocenters. The number of hydrogen-bond donors (Lipinski definition) is 1. The molecular weight excluding hydrogens is 218 g/mol. The molecule has 1 aromatic carbocycles. The van der Waals surface area contributed by atoms with Crippen LogP contribution in [0.4, 0.5) is 4.79 Å². The summed E-state index contributed by atoms with van der Waals surface area (Å²) < 4.78 is 0. The second-order valence-corrected chi connectivity index (χ2v) is 4.01. The minimum Gasteiger partial charge on any atom is -0.448 e. The average Bonchev–Trinajstić information content (AvgIpc) is 2.32. The fourth-order valence-electron chi connectivity index (χ4n) is 1.98. The van der Waals surface area contributed by atoms with E-state index in [-0.39, 0.29) is 6.04 Å². The van der Waals surface area contributed by atoms with Gasteiger partial charge in [0.1, 0.15) is 0 Å². The van der Waals surface area contributed by atoms with Crippen molar-refractivity contribution >= 4 is 6.16 Å². The van der Waals surface area contributed by atoms with Gasteiger partial charge in [0, 0.05) is 0 Å². The Hall–Kier alpha value is -1.81. The van der Waals surface area contributed by atoms with Crippen LogP contribution >= 0.6 is 0 Å². The van der Waals surface area contributed by atoms with Gasteiger partial charge in [-0.1, -0.05) is 42.5 Å². The molecule has 0 saturated carbocycles. The molecule has 0 aliphatic carbocycles. The van der Waals surface area contributed by atoms with E-state index in [1.807, 2.05) is 36.4 Å². The molecule has 4 nitrogen and oxygen atoms in total. The average molecular weight is 233 g/mol. The second kappa shape index (κ2) is 5.50. The lowest BCUT2D eigenvalue weighted by Crippen LogP contribution is -2.40. The Morgan fingerprint density at radius 1 is 1.35 bits per heavy atom. The van der Waals surface area contributed by atoms with Gasteiger partial charge in [-0.25, -0.2) is 4.79 Å². The largest absolute Gasteiger partial charge is 0.525 e. The molecule has 0 fully saturated rings. The number of hydrogen-bond acceptors (Lipinski definition) is 3. The summed E-state index contributed by atoms with van der Waals surface area (Å²) in [6, 6.07) is 10.1. The van der Waals surface area contributed by atoms with E-state index in [1.165, 1.54) is 10.6 Å². The quantitative estimate of drug-likeness (QED) is 0.815. The van der Waals surface area contributed by atoms with Crippen LogP contribution in [-0.2, 0) is 11.3 Å². The number of hydroxylamine groups is 2. The molecule has 4 heteroatoms. The number of carbonyl (C=O) groups is 1.